The van der Waals surface area contributed by atoms with Crippen molar-refractivity contribution in [2.24, 2.45) is 0 Å². The van der Waals surface area contributed by atoms with Gasteiger partial charge in [0.25, 0.3) is 0 Å². The SMILES string of the molecule is CNc1ccnc(Nc2ccc(OC)c(OCCOC3CCCC3)c2)n1. The first-order chi connectivity index (χ1) is 12.8. The first-order valence-electron chi connectivity index (χ1n) is 8.99. The minimum absolute atomic E-state index is 0.394. The fraction of sp³-hybridized carbons (Fsp3) is 0.474. The maximum atomic E-state index is 5.87. The van der Waals surface area contributed by atoms with E-state index in [1.54, 1.807) is 19.4 Å². The Morgan fingerprint density at radius 3 is 2.73 bits per heavy atom. The Morgan fingerprint density at radius 2 is 1.96 bits per heavy atom. The summed E-state index contributed by atoms with van der Waals surface area (Å²) in [6.07, 6.45) is 6.95. The molecule has 0 saturated heterocycles. The van der Waals surface area contributed by atoms with E-state index in [0.29, 0.717) is 36.8 Å². The molecule has 3 rings (SSSR count). The molecule has 1 aromatic heterocycles. The first-order valence-corrected chi connectivity index (χ1v) is 8.99. The lowest BCUT2D eigenvalue weighted by Gasteiger charge is -2.15. The third-order valence-electron chi connectivity index (χ3n) is 4.33. The fourth-order valence-electron chi connectivity index (χ4n) is 2.98. The van der Waals surface area contributed by atoms with E-state index in [1.807, 2.05) is 25.2 Å². The van der Waals surface area contributed by atoms with Crippen LogP contribution in [0.25, 0.3) is 0 Å². The average molecular weight is 358 g/mol. The van der Waals surface area contributed by atoms with Gasteiger partial charge < -0.3 is 24.8 Å². The molecule has 0 aliphatic heterocycles. The molecule has 7 nitrogen and oxygen atoms in total. The molecule has 0 atom stereocenters. The van der Waals surface area contributed by atoms with Gasteiger partial charge in [0.15, 0.2) is 11.5 Å². The van der Waals surface area contributed by atoms with Gasteiger partial charge in [0.1, 0.15) is 12.4 Å². The van der Waals surface area contributed by atoms with Gasteiger partial charge in [-0.05, 0) is 31.0 Å². The Balaban J connectivity index is 1.59. The zero-order valence-corrected chi connectivity index (χ0v) is 15.3. The summed E-state index contributed by atoms with van der Waals surface area (Å²) in [5.41, 5.74) is 0.825. The van der Waals surface area contributed by atoms with Gasteiger partial charge in [-0.1, -0.05) is 12.8 Å². The van der Waals surface area contributed by atoms with Gasteiger partial charge in [0.05, 0.1) is 19.8 Å². The predicted octanol–water partition coefficient (Wildman–Crippen LogP) is 3.61. The van der Waals surface area contributed by atoms with Crippen molar-refractivity contribution in [2.45, 2.75) is 31.8 Å². The van der Waals surface area contributed by atoms with E-state index in [0.717, 1.165) is 24.3 Å². The van der Waals surface area contributed by atoms with Crippen LogP contribution in [0.3, 0.4) is 0 Å². The van der Waals surface area contributed by atoms with E-state index in [-0.39, 0.29) is 0 Å². The number of aromatic nitrogens is 2. The summed E-state index contributed by atoms with van der Waals surface area (Å²) in [4.78, 5) is 8.57. The number of benzene rings is 1. The molecule has 0 bridgehead atoms. The van der Waals surface area contributed by atoms with Crippen molar-refractivity contribution in [2.75, 3.05) is 38.0 Å². The molecule has 1 saturated carbocycles. The van der Waals surface area contributed by atoms with Crippen LogP contribution in [-0.2, 0) is 4.74 Å². The number of ether oxygens (including phenoxy) is 3. The van der Waals surface area contributed by atoms with Crippen LogP contribution < -0.4 is 20.1 Å². The number of nitrogens with one attached hydrogen (secondary N) is 2. The van der Waals surface area contributed by atoms with Crippen molar-refractivity contribution in [3.05, 3.63) is 30.5 Å². The van der Waals surface area contributed by atoms with Crippen molar-refractivity contribution in [1.82, 2.24) is 9.97 Å². The van der Waals surface area contributed by atoms with E-state index in [9.17, 15) is 0 Å². The van der Waals surface area contributed by atoms with Crippen LogP contribution in [0.5, 0.6) is 11.5 Å². The van der Waals surface area contributed by atoms with E-state index in [2.05, 4.69) is 20.6 Å². The number of nitrogens with zero attached hydrogens (tertiary/aromatic N) is 2. The lowest BCUT2D eigenvalue weighted by atomic mass is 10.2. The quantitative estimate of drug-likeness (QED) is 0.663. The molecule has 2 aromatic rings. The Labute approximate surface area is 154 Å². The Morgan fingerprint density at radius 1 is 1.12 bits per heavy atom. The Hall–Kier alpha value is -2.54. The number of anilines is 3. The summed E-state index contributed by atoms with van der Waals surface area (Å²) in [7, 11) is 3.45. The average Bonchev–Trinajstić information content (AvgIpc) is 3.19. The molecule has 1 aliphatic rings. The number of hydrogen-bond donors (Lipinski definition) is 2. The lowest BCUT2D eigenvalue weighted by molar-refractivity contribution is 0.0377. The summed E-state index contributed by atoms with van der Waals surface area (Å²) in [5.74, 6) is 2.60. The van der Waals surface area contributed by atoms with Crippen LogP contribution in [0.2, 0.25) is 0 Å². The minimum atomic E-state index is 0.394. The third kappa shape index (κ3) is 4.98. The molecule has 26 heavy (non-hydrogen) atoms. The number of hydrogen-bond acceptors (Lipinski definition) is 7. The molecule has 1 heterocycles. The van der Waals surface area contributed by atoms with Gasteiger partial charge in [-0.25, -0.2) is 4.98 Å². The minimum Gasteiger partial charge on any atom is -0.493 e. The first kappa shape index (κ1) is 18.3. The fourth-order valence-corrected chi connectivity index (χ4v) is 2.98. The molecule has 7 heteroatoms. The molecule has 1 aliphatic carbocycles. The van der Waals surface area contributed by atoms with Crippen LogP contribution in [0.4, 0.5) is 17.5 Å². The normalized spacial score (nSPS) is 14.2. The maximum absolute atomic E-state index is 5.87. The monoisotopic (exact) mass is 358 g/mol. The second-order valence-electron chi connectivity index (χ2n) is 6.13. The van der Waals surface area contributed by atoms with Crippen LogP contribution in [0, 0.1) is 0 Å². The molecule has 1 aromatic carbocycles. The Kier molecular flexibility index (Phi) is 6.49. The maximum Gasteiger partial charge on any atom is 0.229 e. The van der Waals surface area contributed by atoms with Crippen LogP contribution in [-0.4, -0.2) is 43.4 Å². The standard InChI is InChI=1S/C19H26N4O3/c1-20-18-9-10-21-19(23-18)22-14-7-8-16(24-2)17(13-14)26-12-11-25-15-5-3-4-6-15/h7-10,13,15H,3-6,11-12H2,1-2H3,(H2,20,21,22,23). The number of rotatable bonds is 9. The highest BCUT2D eigenvalue weighted by atomic mass is 16.5. The smallest absolute Gasteiger partial charge is 0.229 e. The van der Waals surface area contributed by atoms with Gasteiger partial charge in [0, 0.05) is 25.0 Å². The van der Waals surface area contributed by atoms with Crippen LogP contribution in [0.15, 0.2) is 30.5 Å². The molecule has 1 fully saturated rings. The lowest BCUT2D eigenvalue weighted by Crippen LogP contribution is -2.14. The van der Waals surface area contributed by atoms with Crippen molar-refractivity contribution >= 4 is 17.5 Å². The third-order valence-corrected chi connectivity index (χ3v) is 4.33. The topological polar surface area (TPSA) is 77.5 Å². The van der Waals surface area contributed by atoms with E-state index in [4.69, 9.17) is 14.2 Å². The molecule has 0 unspecified atom stereocenters. The van der Waals surface area contributed by atoms with Gasteiger partial charge in [0.2, 0.25) is 5.95 Å². The molecule has 2 N–H and O–H groups in total. The molecular formula is C19H26N4O3. The van der Waals surface area contributed by atoms with Gasteiger partial charge in [-0.2, -0.15) is 4.98 Å². The zero-order valence-electron chi connectivity index (χ0n) is 15.3. The highest BCUT2D eigenvalue weighted by molar-refractivity contribution is 5.60. The van der Waals surface area contributed by atoms with Crippen LogP contribution >= 0.6 is 0 Å². The van der Waals surface area contributed by atoms with Gasteiger partial charge in [-0.15, -0.1) is 0 Å². The summed E-state index contributed by atoms with van der Waals surface area (Å²) in [6.45, 7) is 1.07. The number of methoxy groups -OCH3 is 1. The molecule has 0 spiro atoms. The second kappa shape index (κ2) is 9.24. The summed E-state index contributed by atoms with van der Waals surface area (Å²) < 4.78 is 17.1. The second-order valence-corrected chi connectivity index (χ2v) is 6.13. The van der Waals surface area contributed by atoms with Gasteiger partial charge >= 0.3 is 0 Å². The van der Waals surface area contributed by atoms with E-state index >= 15 is 0 Å². The van der Waals surface area contributed by atoms with E-state index < -0.39 is 0 Å². The predicted molar refractivity (Wildman–Crippen MR) is 102 cm³/mol. The van der Waals surface area contributed by atoms with Crippen molar-refractivity contribution < 1.29 is 14.2 Å². The molecular weight excluding hydrogens is 332 g/mol. The largest absolute Gasteiger partial charge is 0.493 e. The highest BCUT2D eigenvalue weighted by Gasteiger charge is 2.15. The molecule has 0 radical (unpaired) electrons. The summed E-state index contributed by atoms with van der Waals surface area (Å²) >= 11 is 0. The van der Waals surface area contributed by atoms with Gasteiger partial charge in [-0.3, -0.25) is 0 Å². The highest BCUT2D eigenvalue weighted by Crippen LogP contribution is 2.31. The Bertz CT molecular complexity index is 705. The zero-order chi connectivity index (χ0) is 18.2. The summed E-state index contributed by atoms with van der Waals surface area (Å²) in [5, 5.41) is 6.17. The van der Waals surface area contributed by atoms with E-state index in [1.165, 1.54) is 12.8 Å². The van der Waals surface area contributed by atoms with Crippen LogP contribution in [0.1, 0.15) is 25.7 Å². The summed E-state index contributed by atoms with van der Waals surface area (Å²) in [6, 6.07) is 7.44. The van der Waals surface area contributed by atoms with Crippen molar-refractivity contribution in [3.63, 3.8) is 0 Å². The molecule has 140 valence electrons. The van der Waals surface area contributed by atoms with Crippen molar-refractivity contribution in [1.29, 1.82) is 0 Å². The van der Waals surface area contributed by atoms with Crippen molar-refractivity contribution in [3.8, 4) is 11.5 Å². The molecule has 0 amide bonds.